The number of carboxylic acids is 1. The molecule has 1 atom stereocenters. The van der Waals surface area contributed by atoms with Gasteiger partial charge in [0.05, 0.1) is 6.04 Å². The van der Waals surface area contributed by atoms with Crippen molar-refractivity contribution in [1.82, 2.24) is 5.32 Å². The van der Waals surface area contributed by atoms with Gasteiger partial charge in [-0.15, -0.1) is 0 Å². The first-order chi connectivity index (χ1) is 17.5. The van der Waals surface area contributed by atoms with Crippen LogP contribution in [0.4, 0.5) is 4.39 Å². The van der Waals surface area contributed by atoms with E-state index in [9.17, 15) is 19.1 Å². The maximum absolute atomic E-state index is 13.7. The minimum Gasteiger partial charge on any atom is -0.489 e. The second kappa shape index (κ2) is 12.5. The van der Waals surface area contributed by atoms with Gasteiger partial charge in [-0.1, -0.05) is 61.4 Å². The minimum atomic E-state index is -0.923. The van der Waals surface area contributed by atoms with E-state index in [1.807, 2.05) is 26.8 Å². The Kier molecular flexibility index (Phi) is 9.45. The van der Waals surface area contributed by atoms with Gasteiger partial charge in [0.25, 0.3) is 5.91 Å². The topological polar surface area (TPSA) is 75.6 Å². The van der Waals surface area contributed by atoms with Gasteiger partial charge in [-0.05, 0) is 73.9 Å². The summed E-state index contributed by atoms with van der Waals surface area (Å²) in [5.41, 5.74) is 5.94. The highest BCUT2D eigenvalue weighted by Crippen LogP contribution is 2.26. The number of hydrogen-bond acceptors (Lipinski definition) is 3. The van der Waals surface area contributed by atoms with Crippen LogP contribution in [0.5, 0.6) is 5.75 Å². The largest absolute Gasteiger partial charge is 0.489 e. The van der Waals surface area contributed by atoms with E-state index in [0.717, 1.165) is 34.2 Å². The molecule has 5 nitrogen and oxygen atoms in total. The molecule has 0 bridgehead atoms. The molecule has 3 rings (SSSR count). The number of amides is 1. The normalized spacial score (nSPS) is 11.9. The van der Waals surface area contributed by atoms with Crippen molar-refractivity contribution in [2.75, 3.05) is 0 Å². The first-order valence-electron chi connectivity index (χ1n) is 12.6. The number of benzene rings is 3. The molecule has 2 N–H and O–H groups in total. The highest BCUT2D eigenvalue weighted by molar-refractivity contribution is 5.96. The molecule has 3 aromatic rings. The van der Waals surface area contributed by atoms with Gasteiger partial charge in [-0.3, -0.25) is 9.59 Å². The van der Waals surface area contributed by atoms with Crippen molar-refractivity contribution >= 4 is 11.9 Å². The maximum atomic E-state index is 13.7. The molecule has 0 saturated heterocycles. The van der Waals surface area contributed by atoms with Crippen LogP contribution < -0.4 is 10.1 Å². The van der Waals surface area contributed by atoms with Gasteiger partial charge in [-0.2, -0.15) is 0 Å². The molecule has 0 aliphatic rings. The summed E-state index contributed by atoms with van der Waals surface area (Å²) < 4.78 is 19.5. The fourth-order valence-corrected chi connectivity index (χ4v) is 4.47. The Morgan fingerprint density at radius 1 is 0.973 bits per heavy atom. The van der Waals surface area contributed by atoms with Crippen LogP contribution in [0.2, 0.25) is 0 Å². The Bertz CT molecular complexity index is 1250. The standard InChI is InChI=1S/C31H36FNO4/c1-19(2)12-28(25-14-20(3)13-21(4)15-25)33-31(36)27-16-23(7-8-24(27)9-11-30(34)35)18-37-29-17-26(32)10-6-22(29)5/h6-8,10,13-17,19,28H,9,11-12,18H2,1-5H3,(H,33,36)(H,34,35)/t28-/m1/s1. The third-order valence-electron chi connectivity index (χ3n) is 6.23. The first kappa shape index (κ1) is 27.9. The van der Waals surface area contributed by atoms with Gasteiger partial charge in [0.2, 0.25) is 0 Å². The van der Waals surface area contributed by atoms with Crippen molar-refractivity contribution in [2.45, 2.75) is 66.5 Å². The lowest BCUT2D eigenvalue weighted by atomic mass is 9.93. The summed E-state index contributed by atoms with van der Waals surface area (Å²) in [7, 11) is 0. The Labute approximate surface area is 218 Å². The van der Waals surface area contributed by atoms with Gasteiger partial charge < -0.3 is 15.2 Å². The molecular formula is C31H36FNO4. The molecule has 0 aromatic heterocycles. The number of rotatable bonds is 11. The van der Waals surface area contributed by atoms with Gasteiger partial charge in [0.1, 0.15) is 18.2 Å². The van der Waals surface area contributed by atoms with Crippen LogP contribution >= 0.6 is 0 Å². The summed E-state index contributed by atoms with van der Waals surface area (Å²) in [4.78, 5) is 24.9. The molecule has 0 heterocycles. The van der Waals surface area contributed by atoms with Crippen LogP contribution in [0.1, 0.15) is 76.5 Å². The lowest BCUT2D eigenvalue weighted by molar-refractivity contribution is -0.136. The lowest BCUT2D eigenvalue weighted by Gasteiger charge is -2.23. The van der Waals surface area contributed by atoms with E-state index >= 15 is 0 Å². The predicted molar refractivity (Wildman–Crippen MR) is 143 cm³/mol. The highest BCUT2D eigenvalue weighted by atomic mass is 19.1. The molecule has 0 spiro atoms. The summed E-state index contributed by atoms with van der Waals surface area (Å²) in [6.45, 7) is 10.3. The van der Waals surface area contributed by atoms with E-state index in [4.69, 9.17) is 4.74 Å². The second-order valence-corrected chi connectivity index (χ2v) is 10.2. The van der Waals surface area contributed by atoms with Crippen LogP contribution in [0.15, 0.2) is 54.6 Å². The zero-order chi connectivity index (χ0) is 27.1. The van der Waals surface area contributed by atoms with Crippen molar-refractivity contribution in [2.24, 2.45) is 5.92 Å². The average Bonchev–Trinajstić information content (AvgIpc) is 2.82. The Balaban J connectivity index is 1.90. The van der Waals surface area contributed by atoms with Crippen LogP contribution in [0.25, 0.3) is 0 Å². The summed E-state index contributed by atoms with van der Waals surface area (Å²) in [6, 6.07) is 15.8. The molecule has 0 fully saturated rings. The molecular weight excluding hydrogens is 469 g/mol. The zero-order valence-corrected chi connectivity index (χ0v) is 22.2. The van der Waals surface area contributed by atoms with E-state index in [2.05, 4.69) is 37.4 Å². The summed E-state index contributed by atoms with van der Waals surface area (Å²) in [6.07, 6.45) is 0.923. The summed E-state index contributed by atoms with van der Waals surface area (Å²) in [5.74, 6) is -0.769. The summed E-state index contributed by atoms with van der Waals surface area (Å²) >= 11 is 0. The van der Waals surface area contributed by atoms with E-state index in [1.54, 1.807) is 18.2 Å². The van der Waals surface area contributed by atoms with Crippen LogP contribution in [-0.2, 0) is 17.8 Å². The van der Waals surface area contributed by atoms with Crippen molar-refractivity contribution < 1.29 is 23.8 Å². The fourth-order valence-electron chi connectivity index (χ4n) is 4.47. The Morgan fingerprint density at radius 2 is 1.68 bits per heavy atom. The molecule has 196 valence electrons. The van der Waals surface area contributed by atoms with Gasteiger partial charge in [0.15, 0.2) is 0 Å². The number of aryl methyl sites for hydroxylation is 4. The number of aliphatic carboxylic acids is 1. The van der Waals surface area contributed by atoms with E-state index in [-0.39, 0.29) is 37.2 Å². The highest BCUT2D eigenvalue weighted by Gasteiger charge is 2.21. The second-order valence-electron chi connectivity index (χ2n) is 10.2. The average molecular weight is 506 g/mol. The quantitative estimate of drug-likeness (QED) is 0.298. The van der Waals surface area contributed by atoms with E-state index in [1.165, 1.54) is 12.1 Å². The van der Waals surface area contributed by atoms with Crippen molar-refractivity contribution in [3.05, 3.63) is 99.4 Å². The van der Waals surface area contributed by atoms with Gasteiger partial charge >= 0.3 is 5.97 Å². The molecule has 1 amide bonds. The molecule has 0 radical (unpaired) electrons. The maximum Gasteiger partial charge on any atom is 0.303 e. The molecule has 0 saturated carbocycles. The van der Waals surface area contributed by atoms with Crippen molar-refractivity contribution in [3.8, 4) is 5.75 Å². The number of halogens is 1. The Hall–Kier alpha value is -3.67. The van der Waals surface area contributed by atoms with E-state index < -0.39 is 5.97 Å². The predicted octanol–water partition coefficient (Wildman–Crippen LogP) is 6.86. The fraction of sp³-hybridized carbons (Fsp3) is 0.355. The number of carbonyl (C=O) groups excluding carboxylic acids is 1. The number of carboxylic acid groups (broad SMARTS) is 1. The first-order valence-corrected chi connectivity index (χ1v) is 12.6. The van der Waals surface area contributed by atoms with Crippen molar-refractivity contribution in [1.29, 1.82) is 0 Å². The third-order valence-corrected chi connectivity index (χ3v) is 6.23. The monoisotopic (exact) mass is 505 g/mol. The number of carbonyl (C=O) groups is 2. The van der Waals surface area contributed by atoms with E-state index in [0.29, 0.717) is 22.8 Å². The van der Waals surface area contributed by atoms with Crippen LogP contribution in [0, 0.1) is 32.5 Å². The molecule has 0 aliphatic carbocycles. The number of hydrogen-bond donors (Lipinski definition) is 2. The third kappa shape index (κ3) is 8.17. The number of ether oxygens (including phenoxy) is 1. The van der Waals surface area contributed by atoms with Crippen LogP contribution in [0.3, 0.4) is 0 Å². The smallest absolute Gasteiger partial charge is 0.303 e. The molecule has 37 heavy (non-hydrogen) atoms. The minimum absolute atomic E-state index is 0.0783. The van der Waals surface area contributed by atoms with Gasteiger partial charge in [0, 0.05) is 18.1 Å². The van der Waals surface area contributed by atoms with Crippen molar-refractivity contribution in [3.63, 3.8) is 0 Å². The molecule has 0 aliphatic heterocycles. The summed E-state index contributed by atoms with van der Waals surface area (Å²) in [5, 5.41) is 12.4. The zero-order valence-electron chi connectivity index (χ0n) is 22.2. The SMILES string of the molecule is Cc1cc(C)cc([C@@H](CC(C)C)NC(=O)c2cc(COc3cc(F)ccc3C)ccc2CCC(=O)O)c1. The van der Waals surface area contributed by atoms with Gasteiger partial charge in [-0.25, -0.2) is 4.39 Å². The molecule has 3 aromatic carbocycles. The lowest BCUT2D eigenvalue weighted by Crippen LogP contribution is -2.30. The van der Waals surface area contributed by atoms with Crippen LogP contribution in [-0.4, -0.2) is 17.0 Å². The molecule has 0 unspecified atom stereocenters. The number of nitrogens with one attached hydrogen (secondary N) is 1. The molecule has 6 heteroatoms. The Morgan fingerprint density at radius 3 is 2.32 bits per heavy atom.